The lowest BCUT2D eigenvalue weighted by molar-refractivity contribution is 0.227. The predicted octanol–water partition coefficient (Wildman–Crippen LogP) is 3.83. The lowest BCUT2D eigenvalue weighted by atomic mass is 9.93. The number of anilines is 1. The van der Waals surface area contributed by atoms with E-state index in [-0.39, 0.29) is 11.6 Å². The van der Waals surface area contributed by atoms with E-state index in [4.69, 9.17) is 21.3 Å². The molecule has 0 amide bonds. The zero-order valence-corrected chi connectivity index (χ0v) is 18.7. The first kappa shape index (κ1) is 21.5. The number of aryl methyl sites for hydroxylation is 2. The summed E-state index contributed by atoms with van der Waals surface area (Å²) >= 11 is 0. The van der Waals surface area contributed by atoms with E-state index in [1.807, 2.05) is 24.7 Å². The van der Waals surface area contributed by atoms with Crippen molar-refractivity contribution in [3.05, 3.63) is 64.4 Å². The van der Waals surface area contributed by atoms with Crippen LogP contribution in [0.25, 0.3) is 16.8 Å². The first-order valence-corrected chi connectivity index (χ1v) is 10.5. The van der Waals surface area contributed by atoms with Crippen LogP contribution >= 0.6 is 0 Å². The Bertz CT molecular complexity index is 1240. The fourth-order valence-corrected chi connectivity index (χ4v) is 4.18. The number of benzene rings is 1. The van der Waals surface area contributed by atoms with Crippen LogP contribution in [0.3, 0.4) is 0 Å². The second kappa shape index (κ2) is 8.45. The molecular weight excluding hydrogens is 407 g/mol. The highest BCUT2D eigenvalue weighted by Gasteiger charge is 2.24. The Balaban J connectivity index is 2.07. The van der Waals surface area contributed by atoms with Gasteiger partial charge in [0.15, 0.2) is 11.6 Å². The number of nitrogens with zero attached hydrogens (tertiary/aromatic N) is 4. The van der Waals surface area contributed by atoms with Crippen LogP contribution in [0.15, 0.2) is 41.0 Å². The Kier molecular flexibility index (Phi) is 5.69. The minimum absolute atomic E-state index is 0.265. The molecule has 0 saturated carbocycles. The summed E-state index contributed by atoms with van der Waals surface area (Å²) in [4.78, 5) is 8.60. The van der Waals surface area contributed by atoms with Crippen LogP contribution in [0.2, 0.25) is 0 Å². The van der Waals surface area contributed by atoms with E-state index >= 15 is 0 Å². The summed E-state index contributed by atoms with van der Waals surface area (Å²) in [6.45, 7) is 3.90. The van der Waals surface area contributed by atoms with Gasteiger partial charge >= 0.3 is 0 Å². The van der Waals surface area contributed by atoms with Crippen LogP contribution in [0.4, 0.5) is 10.2 Å². The van der Waals surface area contributed by atoms with E-state index in [1.165, 1.54) is 12.1 Å². The molecule has 0 spiro atoms. The van der Waals surface area contributed by atoms with Gasteiger partial charge in [-0.3, -0.25) is 9.67 Å². The molecule has 32 heavy (non-hydrogen) atoms. The Hall–Kier alpha value is -3.68. The number of nitrogens with two attached hydrogens (primary N) is 2. The monoisotopic (exact) mass is 434 g/mol. The average molecular weight is 435 g/mol. The van der Waals surface area contributed by atoms with Crippen molar-refractivity contribution in [2.45, 2.75) is 32.8 Å². The van der Waals surface area contributed by atoms with E-state index < -0.39 is 6.10 Å². The Morgan fingerprint density at radius 1 is 1.31 bits per heavy atom. The number of hydrogen-bond acceptors (Lipinski definition) is 6. The largest absolute Gasteiger partial charge is 0.482 e. The fraction of sp³-hybridized carbons (Fsp3) is 0.292. The number of rotatable bonds is 2. The summed E-state index contributed by atoms with van der Waals surface area (Å²) in [7, 11) is 3.61. The van der Waals surface area contributed by atoms with Gasteiger partial charge in [-0.1, -0.05) is 6.92 Å². The third-order valence-corrected chi connectivity index (χ3v) is 5.78. The maximum absolute atomic E-state index is 14.2. The number of halogens is 1. The predicted molar refractivity (Wildman–Crippen MR) is 125 cm³/mol. The van der Waals surface area contributed by atoms with Gasteiger partial charge < -0.3 is 16.2 Å². The van der Waals surface area contributed by atoms with Gasteiger partial charge in [0, 0.05) is 60.9 Å². The quantitative estimate of drug-likeness (QED) is 0.597. The Labute approximate surface area is 186 Å². The summed E-state index contributed by atoms with van der Waals surface area (Å²) in [5.41, 5.74) is 19.2. The zero-order valence-electron chi connectivity index (χ0n) is 18.7. The first-order chi connectivity index (χ1) is 15.3. The van der Waals surface area contributed by atoms with Crippen molar-refractivity contribution in [1.82, 2.24) is 14.8 Å². The normalized spacial score (nSPS) is 16.2. The minimum Gasteiger partial charge on any atom is -0.482 e. The van der Waals surface area contributed by atoms with Crippen molar-refractivity contribution in [2.24, 2.45) is 17.8 Å². The first-order valence-electron chi connectivity index (χ1n) is 10.5. The van der Waals surface area contributed by atoms with Crippen LogP contribution in [0.1, 0.15) is 42.5 Å². The van der Waals surface area contributed by atoms with Gasteiger partial charge in [0.1, 0.15) is 11.9 Å². The molecule has 0 radical (unpaired) electrons. The summed E-state index contributed by atoms with van der Waals surface area (Å²) in [6.07, 6.45) is 4.20. The molecule has 0 aliphatic carbocycles. The van der Waals surface area contributed by atoms with Crippen molar-refractivity contribution < 1.29 is 9.13 Å². The molecule has 2 bridgehead atoms. The number of hydrogen-bond donors (Lipinski definition) is 2. The van der Waals surface area contributed by atoms with Crippen molar-refractivity contribution >= 4 is 17.7 Å². The van der Waals surface area contributed by atoms with Gasteiger partial charge in [0.2, 0.25) is 0 Å². The van der Waals surface area contributed by atoms with Crippen molar-refractivity contribution in [3.8, 4) is 16.9 Å². The minimum atomic E-state index is -0.517. The summed E-state index contributed by atoms with van der Waals surface area (Å²) in [5, 5.41) is 4.73. The highest BCUT2D eigenvalue weighted by atomic mass is 19.1. The van der Waals surface area contributed by atoms with Gasteiger partial charge in [-0.2, -0.15) is 5.10 Å². The smallest absolute Gasteiger partial charge is 0.166 e. The molecule has 1 aliphatic heterocycles. The molecule has 2 aromatic heterocycles. The maximum atomic E-state index is 14.2. The third-order valence-electron chi connectivity index (χ3n) is 5.78. The number of aliphatic imine (C=N–C) groups is 1. The molecule has 1 unspecified atom stereocenters. The summed E-state index contributed by atoms with van der Waals surface area (Å²) in [5.74, 6) is 0.327. The molecule has 3 heterocycles. The lowest BCUT2D eigenvalue weighted by Gasteiger charge is -2.22. The zero-order chi connectivity index (χ0) is 23.0. The van der Waals surface area contributed by atoms with Gasteiger partial charge in [-0.05, 0) is 43.2 Å². The highest BCUT2D eigenvalue weighted by molar-refractivity contribution is 5.91. The molecule has 8 heteroatoms. The van der Waals surface area contributed by atoms with Gasteiger partial charge in [-0.25, -0.2) is 9.37 Å². The van der Waals surface area contributed by atoms with Gasteiger partial charge in [0.25, 0.3) is 0 Å². The molecule has 166 valence electrons. The molecule has 1 atom stereocenters. The average Bonchev–Trinajstić information content (AvgIpc) is 3.09. The molecule has 0 saturated heterocycles. The SMILES string of the molecule is CCc1nn(C)c2c1-c1cnc(N)c(c1)OC(C)c1cc(F)ccc1C(N)=C(C=NC)C2. The number of aromatic nitrogens is 3. The van der Waals surface area contributed by atoms with E-state index in [2.05, 4.69) is 16.9 Å². The van der Waals surface area contributed by atoms with Crippen LogP contribution < -0.4 is 16.2 Å². The summed E-state index contributed by atoms with van der Waals surface area (Å²) in [6, 6.07) is 6.39. The second-order valence-corrected chi connectivity index (χ2v) is 7.85. The molecule has 1 aliphatic rings. The molecule has 1 aromatic carbocycles. The molecule has 4 rings (SSSR count). The third kappa shape index (κ3) is 3.72. The summed E-state index contributed by atoms with van der Waals surface area (Å²) < 4.78 is 22.2. The standard InChI is InChI=1S/C24H27FN6O/c1-5-19-22-14-9-21(24(27)29-12-14)32-13(2)18-10-16(25)6-7-17(18)23(26)15(11-28-3)8-20(22)31(4)30-19/h6-7,9-13H,5,8,26H2,1-4H3,(H2,27,29). The fourth-order valence-electron chi connectivity index (χ4n) is 4.18. The number of allylic oxidation sites excluding steroid dienone is 1. The highest BCUT2D eigenvalue weighted by Crippen LogP contribution is 2.37. The molecule has 4 N–H and O–H groups in total. The van der Waals surface area contributed by atoms with Crippen molar-refractivity contribution in [3.63, 3.8) is 0 Å². The van der Waals surface area contributed by atoms with E-state index in [1.54, 1.807) is 25.5 Å². The van der Waals surface area contributed by atoms with Crippen molar-refractivity contribution in [2.75, 3.05) is 12.8 Å². The van der Waals surface area contributed by atoms with Crippen LogP contribution in [-0.2, 0) is 19.9 Å². The van der Waals surface area contributed by atoms with Crippen LogP contribution in [0, 0.1) is 5.82 Å². The van der Waals surface area contributed by atoms with Gasteiger partial charge in [-0.15, -0.1) is 0 Å². The Morgan fingerprint density at radius 3 is 2.81 bits per heavy atom. The van der Waals surface area contributed by atoms with E-state index in [0.717, 1.165) is 34.5 Å². The molecule has 7 nitrogen and oxygen atoms in total. The number of pyridine rings is 1. The Morgan fingerprint density at radius 2 is 2.09 bits per heavy atom. The van der Waals surface area contributed by atoms with E-state index in [0.29, 0.717) is 29.0 Å². The maximum Gasteiger partial charge on any atom is 0.166 e. The van der Waals surface area contributed by atoms with Crippen LogP contribution in [-0.4, -0.2) is 28.0 Å². The number of nitrogen functional groups attached to an aromatic ring is 1. The van der Waals surface area contributed by atoms with E-state index in [9.17, 15) is 4.39 Å². The molecule has 0 fully saturated rings. The second-order valence-electron chi connectivity index (χ2n) is 7.85. The molecule has 3 aromatic rings. The topological polar surface area (TPSA) is 104 Å². The van der Waals surface area contributed by atoms with Crippen molar-refractivity contribution in [1.29, 1.82) is 0 Å². The van der Waals surface area contributed by atoms with Gasteiger partial charge in [0.05, 0.1) is 11.4 Å². The van der Waals surface area contributed by atoms with Crippen LogP contribution in [0.5, 0.6) is 5.75 Å². The molecular formula is C24H27FN6O. The number of fused-ring (bicyclic) bond motifs is 5. The number of ether oxygens (including phenoxy) is 1. The lowest BCUT2D eigenvalue weighted by Crippen LogP contribution is -2.14.